The lowest BCUT2D eigenvalue weighted by Gasteiger charge is -2.23. The SMILES string of the molecule is Cl.NCC1CCCN1C(=O)CCCN=C1NS(=O)(=O)c2ccccc21. The molecule has 0 spiro atoms. The van der Waals surface area contributed by atoms with Gasteiger partial charge >= 0.3 is 0 Å². The van der Waals surface area contributed by atoms with E-state index in [-0.39, 0.29) is 29.3 Å². The summed E-state index contributed by atoms with van der Waals surface area (Å²) >= 11 is 0. The minimum Gasteiger partial charge on any atom is -0.338 e. The Morgan fingerprint density at radius 3 is 2.88 bits per heavy atom. The van der Waals surface area contributed by atoms with E-state index in [1.807, 2.05) is 4.90 Å². The first-order chi connectivity index (χ1) is 11.5. The zero-order valence-electron chi connectivity index (χ0n) is 13.8. The van der Waals surface area contributed by atoms with Gasteiger partial charge in [-0.3, -0.25) is 14.5 Å². The summed E-state index contributed by atoms with van der Waals surface area (Å²) in [4.78, 5) is 18.7. The van der Waals surface area contributed by atoms with E-state index in [1.54, 1.807) is 24.3 Å². The van der Waals surface area contributed by atoms with E-state index in [4.69, 9.17) is 5.73 Å². The van der Waals surface area contributed by atoms with Crippen LogP contribution in [0.2, 0.25) is 0 Å². The average Bonchev–Trinajstić information content (AvgIpc) is 3.15. The molecule has 3 N–H and O–H groups in total. The first-order valence-electron chi connectivity index (χ1n) is 8.19. The Morgan fingerprint density at radius 2 is 2.12 bits per heavy atom. The van der Waals surface area contributed by atoms with Crippen molar-refractivity contribution in [2.24, 2.45) is 10.7 Å². The highest BCUT2D eigenvalue weighted by molar-refractivity contribution is 7.90. The largest absolute Gasteiger partial charge is 0.338 e. The Labute approximate surface area is 154 Å². The number of aliphatic imine (C=N–C) groups is 1. The number of benzene rings is 1. The van der Waals surface area contributed by atoms with Crippen LogP contribution in [0.3, 0.4) is 0 Å². The number of nitrogens with two attached hydrogens (primary N) is 1. The molecule has 7 nitrogen and oxygen atoms in total. The van der Waals surface area contributed by atoms with E-state index in [2.05, 4.69) is 9.71 Å². The number of amidine groups is 1. The molecule has 9 heteroatoms. The fourth-order valence-corrected chi connectivity index (χ4v) is 4.48. The number of amides is 1. The van der Waals surface area contributed by atoms with Crippen molar-refractivity contribution in [3.05, 3.63) is 29.8 Å². The number of sulfonamides is 1. The summed E-state index contributed by atoms with van der Waals surface area (Å²) < 4.78 is 26.4. The van der Waals surface area contributed by atoms with Crippen LogP contribution < -0.4 is 10.5 Å². The molecule has 0 aliphatic carbocycles. The monoisotopic (exact) mass is 386 g/mol. The molecule has 1 fully saturated rings. The minimum atomic E-state index is -3.50. The molecule has 1 aromatic carbocycles. The quantitative estimate of drug-likeness (QED) is 0.732. The standard InChI is InChI=1S/C16H22N4O3S.ClH/c17-11-12-5-4-10-20(12)15(21)8-3-9-18-16-13-6-1-2-7-14(13)24(22,23)19-16;/h1-2,6-7,12H,3-5,8-11,17H2,(H,18,19);1H. The van der Waals surface area contributed by atoms with Crippen molar-refractivity contribution in [2.75, 3.05) is 19.6 Å². The van der Waals surface area contributed by atoms with Crippen LogP contribution in [0, 0.1) is 0 Å². The van der Waals surface area contributed by atoms with Crippen molar-refractivity contribution >= 4 is 34.2 Å². The van der Waals surface area contributed by atoms with Crippen LogP contribution in [0.25, 0.3) is 0 Å². The van der Waals surface area contributed by atoms with Crippen molar-refractivity contribution in [1.82, 2.24) is 9.62 Å². The summed E-state index contributed by atoms with van der Waals surface area (Å²) in [5.41, 5.74) is 6.28. The van der Waals surface area contributed by atoms with E-state index in [0.29, 0.717) is 37.3 Å². The van der Waals surface area contributed by atoms with E-state index >= 15 is 0 Å². The number of halogens is 1. The van der Waals surface area contributed by atoms with Gasteiger partial charge in [-0.05, 0) is 31.4 Å². The average molecular weight is 387 g/mol. The highest BCUT2D eigenvalue weighted by Gasteiger charge is 2.30. The van der Waals surface area contributed by atoms with Crippen LogP contribution in [0.1, 0.15) is 31.2 Å². The molecule has 1 aromatic rings. The van der Waals surface area contributed by atoms with Gasteiger partial charge in [-0.25, -0.2) is 8.42 Å². The van der Waals surface area contributed by atoms with E-state index < -0.39 is 10.0 Å². The zero-order chi connectivity index (χ0) is 17.2. The number of likely N-dealkylation sites (tertiary alicyclic amines) is 1. The molecule has 1 amide bonds. The molecule has 1 atom stereocenters. The van der Waals surface area contributed by atoms with Crippen LogP contribution in [-0.2, 0) is 14.8 Å². The summed E-state index contributed by atoms with van der Waals surface area (Å²) in [5.74, 6) is 0.467. The van der Waals surface area contributed by atoms with Gasteiger partial charge in [0.2, 0.25) is 5.91 Å². The van der Waals surface area contributed by atoms with Gasteiger partial charge in [-0.2, -0.15) is 0 Å². The van der Waals surface area contributed by atoms with Crippen molar-refractivity contribution in [3.8, 4) is 0 Å². The molecular weight excluding hydrogens is 364 g/mol. The molecule has 2 heterocycles. The predicted octanol–water partition coefficient (Wildman–Crippen LogP) is 0.877. The zero-order valence-corrected chi connectivity index (χ0v) is 15.5. The third kappa shape index (κ3) is 4.13. The van der Waals surface area contributed by atoms with Gasteiger partial charge < -0.3 is 10.6 Å². The van der Waals surface area contributed by atoms with Gasteiger partial charge in [-0.1, -0.05) is 12.1 Å². The third-order valence-corrected chi connectivity index (χ3v) is 5.85. The highest BCUT2D eigenvalue weighted by Crippen LogP contribution is 2.22. The summed E-state index contributed by atoms with van der Waals surface area (Å²) in [6.07, 6.45) is 2.97. The second kappa shape index (κ2) is 8.16. The molecule has 0 saturated carbocycles. The fraction of sp³-hybridized carbons (Fsp3) is 0.500. The maximum Gasteiger partial charge on any atom is 0.263 e. The lowest BCUT2D eigenvalue weighted by atomic mass is 10.2. The van der Waals surface area contributed by atoms with E-state index in [1.165, 1.54) is 0 Å². The lowest BCUT2D eigenvalue weighted by molar-refractivity contribution is -0.131. The molecule has 1 unspecified atom stereocenters. The van der Waals surface area contributed by atoms with Crippen LogP contribution >= 0.6 is 12.4 Å². The molecule has 25 heavy (non-hydrogen) atoms. The fourth-order valence-electron chi connectivity index (χ4n) is 3.23. The molecule has 0 radical (unpaired) electrons. The summed E-state index contributed by atoms with van der Waals surface area (Å²) in [6, 6.07) is 6.92. The maximum absolute atomic E-state index is 12.2. The first kappa shape index (κ1) is 19.7. The lowest BCUT2D eigenvalue weighted by Crippen LogP contribution is -2.39. The number of fused-ring (bicyclic) bond motifs is 1. The minimum absolute atomic E-state index is 0. The van der Waals surface area contributed by atoms with Crippen LogP contribution in [0.5, 0.6) is 0 Å². The first-order valence-corrected chi connectivity index (χ1v) is 9.67. The van der Waals surface area contributed by atoms with E-state index in [9.17, 15) is 13.2 Å². The number of carbonyl (C=O) groups is 1. The Kier molecular flexibility index (Phi) is 6.42. The second-order valence-electron chi connectivity index (χ2n) is 6.05. The number of hydrogen-bond donors (Lipinski definition) is 2. The van der Waals surface area contributed by atoms with Crippen LogP contribution in [-0.4, -0.2) is 50.7 Å². The van der Waals surface area contributed by atoms with Crippen LogP contribution in [0.15, 0.2) is 34.2 Å². The normalized spacial score (nSPS) is 22.4. The van der Waals surface area contributed by atoms with Crippen molar-refractivity contribution < 1.29 is 13.2 Å². The molecule has 0 bridgehead atoms. The van der Waals surface area contributed by atoms with Gasteiger partial charge in [0.1, 0.15) is 5.84 Å². The number of nitrogens with zero attached hydrogens (tertiary/aromatic N) is 2. The number of hydrogen-bond acceptors (Lipinski definition) is 5. The summed E-state index contributed by atoms with van der Waals surface area (Å²) in [7, 11) is -3.50. The van der Waals surface area contributed by atoms with Gasteiger partial charge in [0.25, 0.3) is 10.0 Å². The van der Waals surface area contributed by atoms with Crippen molar-refractivity contribution in [1.29, 1.82) is 0 Å². The Bertz CT molecular complexity index is 766. The van der Waals surface area contributed by atoms with Crippen LogP contribution in [0.4, 0.5) is 0 Å². The smallest absolute Gasteiger partial charge is 0.263 e. The Hall–Kier alpha value is -1.64. The van der Waals surface area contributed by atoms with Gasteiger partial charge in [-0.15, -0.1) is 12.4 Å². The van der Waals surface area contributed by atoms with Crippen molar-refractivity contribution in [3.63, 3.8) is 0 Å². The maximum atomic E-state index is 12.2. The number of carbonyl (C=O) groups excluding carboxylic acids is 1. The Balaban J connectivity index is 0.00000225. The second-order valence-corrected chi connectivity index (χ2v) is 7.71. The van der Waals surface area contributed by atoms with E-state index in [0.717, 1.165) is 19.4 Å². The molecular formula is C16H23ClN4O3S. The molecule has 1 saturated heterocycles. The Morgan fingerprint density at radius 1 is 1.36 bits per heavy atom. The molecule has 2 aliphatic rings. The van der Waals surface area contributed by atoms with Gasteiger partial charge in [0.05, 0.1) is 4.90 Å². The molecule has 3 rings (SSSR count). The van der Waals surface area contributed by atoms with Crippen molar-refractivity contribution in [2.45, 2.75) is 36.6 Å². The summed E-state index contributed by atoms with van der Waals surface area (Å²) in [5, 5.41) is 0. The molecule has 0 aromatic heterocycles. The summed E-state index contributed by atoms with van der Waals surface area (Å²) in [6.45, 7) is 1.69. The topological polar surface area (TPSA) is 105 Å². The highest BCUT2D eigenvalue weighted by atomic mass is 35.5. The molecule has 138 valence electrons. The van der Waals surface area contributed by atoms with Gasteiger partial charge in [0.15, 0.2) is 0 Å². The van der Waals surface area contributed by atoms with Gasteiger partial charge in [0, 0.05) is 37.7 Å². The predicted molar refractivity (Wildman–Crippen MR) is 98.4 cm³/mol. The third-order valence-electron chi connectivity index (χ3n) is 4.45. The number of rotatable bonds is 5. The molecule has 2 aliphatic heterocycles. The number of nitrogens with one attached hydrogen (secondary N) is 1.